The molecule has 0 unspecified atom stereocenters. The SMILES string of the molecule is O=S(=O)(c1ccccc1)N(c1ccccc1)c1cccc2ccccc12. The Kier molecular flexibility index (Phi) is 4.19. The summed E-state index contributed by atoms with van der Waals surface area (Å²) < 4.78 is 28.4. The average molecular weight is 359 g/mol. The number of fused-ring (bicyclic) bond motifs is 1. The summed E-state index contributed by atoms with van der Waals surface area (Å²) in [4.78, 5) is 0.261. The van der Waals surface area contributed by atoms with Gasteiger partial charge in [0.2, 0.25) is 0 Å². The van der Waals surface area contributed by atoms with Crippen molar-refractivity contribution in [2.24, 2.45) is 0 Å². The molecular formula is C22H17NO2S. The van der Waals surface area contributed by atoms with Gasteiger partial charge in [-0.05, 0) is 35.7 Å². The second-order valence-corrected chi connectivity index (χ2v) is 7.70. The van der Waals surface area contributed by atoms with Crippen LogP contribution in [-0.2, 0) is 10.0 Å². The van der Waals surface area contributed by atoms with Gasteiger partial charge in [0.25, 0.3) is 10.0 Å². The Morgan fingerprint density at radius 3 is 1.88 bits per heavy atom. The van der Waals surface area contributed by atoms with E-state index < -0.39 is 10.0 Å². The van der Waals surface area contributed by atoms with Gasteiger partial charge in [0.1, 0.15) is 0 Å². The van der Waals surface area contributed by atoms with E-state index in [1.54, 1.807) is 24.3 Å². The number of sulfonamides is 1. The van der Waals surface area contributed by atoms with Gasteiger partial charge in [-0.25, -0.2) is 12.7 Å². The molecule has 0 amide bonds. The summed E-state index contributed by atoms with van der Waals surface area (Å²) in [5.74, 6) is 0. The Morgan fingerprint density at radius 2 is 1.15 bits per heavy atom. The minimum atomic E-state index is -3.77. The zero-order valence-corrected chi connectivity index (χ0v) is 14.8. The normalized spacial score (nSPS) is 11.4. The van der Waals surface area contributed by atoms with Crippen molar-refractivity contribution < 1.29 is 8.42 Å². The minimum absolute atomic E-state index is 0.261. The van der Waals surface area contributed by atoms with E-state index in [0.717, 1.165) is 10.8 Å². The molecule has 4 heteroatoms. The van der Waals surface area contributed by atoms with Gasteiger partial charge in [0, 0.05) is 5.39 Å². The van der Waals surface area contributed by atoms with E-state index in [1.807, 2.05) is 78.9 Å². The standard InChI is InChI=1S/C22H17NO2S/c24-26(25,20-14-5-2-6-15-20)23(19-12-3-1-4-13-19)22-17-9-11-18-10-7-8-16-21(18)22/h1-17H. The minimum Gasteiger partial charge on any atom is -0.234 e. The Morgan fingerprint density at radius 1 is 0.577 bits per heavy atom. The van der Waals surface area contributed by atoms with Crippen LogP contribution in [0.5, 0.6) is 0 Å². The van der Waals surface area contributed by atoms with Crippen LogP contribution in [0.1, 0.15) is 0 Å². The zero-order chi connectivity index (χ0) is 18.0. The average Bonchev–Trinajstić information content (AvgIpc) is 2.70. The summed E-state index contributed by atoms with van der Waals surface area (Å²) in [6.45, 7) is 0. The molecule has 0 aromatic heterocycles. The first kappa shape index (κ1) is 16.4. The third-order valence-corrected chi connectivity index (χ3v) is 6.01. The van der Waals surface area contributed by atoms with Gasteiger partial charge in [-0.3, -0.25) is 0 Å². The highest BCUT2D eigenvalue weighted by Crippen LogP contribution is 2.36. The van der Waals surface area contributed by atoms with Crippen LogP contribution < -0.4 is 4.31 Å². The van der Waals surface area contributed by atoms with Gasteiger partial charge in [0.15, 0.2) is 0 Å². The maximum Gasteiger partial charge on any atom is 0.268 e. The molecule has 0 radical (unpaired) electrons. The van der Waals surface area contributed by atoms with Crippen molar-refractivity contribution in [3.05, 3.63) is 103 Å². The van der Waals surface area contributed by atoms with Gasteiger partial charge in [-0.15, -0.1) is 0 Å². The highest BCUT2D eigenvalue weighted by Gasteiger charge is 2.27. The van der Waals surface area contributed by atoms with Crippen molar-refractivity contribution in [1.29, 1.82) is 0 Å². The number of para-hydroxylation sites is 1. The molecule has 4 rings (SSSR count). The molecule has 4 aromatic rings. The van der Waals surface area contributed by atoms with Gasteiger partial charge < -0.3 is 0 Å². The second kappa shape index (κ2) is 6.65. The second-order valence-electron chi connectivity index (χ2n) is 5.92. The molecule has 26 heavy (non-hydrogen) atoms. The summed E-state index contributed by atoms with van der Waals surface area (Å²) in [7, 11) is -3.77. The first-order valence-electron chi connectivity index (χ1n) is 8.31. The van der Waals surface area contributed by atoms with E-state index in [2.05, 4.69) is 0 Å². The number of hydrogen-bond donors (Lipinski definition) is 0. The fourth-order valence-corrected chi connectivity index (χ4v) is 4.58. The number of benzene rings is 4. The molecule has 0 aliphatic heterocycles. The van der Waals surface area contributed by atoms with Crippen LogP contribution >= 0.6 is 0 Å². The predicted octanol–water partition coefficient (Wildman–Crippen LogP) is 5.37. The molecule has 0 N–H and O–H groups in total. The van der Waals surface area contributed by atoms with Crippen molar-refractivity contribution >= 4 is 32.2 Å². The molecule has 4 aromatic carbocycles. The molecule has 0 aliphatic rings. The Bertz CT molecular complexity index is 1140. The molecule has 0 saturated heterocycles. The maximum absolute atomic E-state index is 13.5. The molecule has 0 atom stereocenters. The predicted molar refractivity (Wildman–Crippen MR) is 106 cm³/mol. The molecule has 0 spiro atoms. The molecule has 0 bridgehead atoms. The van der Waals surface area contributed by atoms with Crippen molar-refractivity contribution in [1.82, 2.24) is 0 Å². The fraction of sp³-hybridized carbons (Fsp3) is 0. The lowest BCUT2D eigenvalue weighted by Gasteiger charge is -2.26. The molecule has 0 aliphatic carbocycles. The number of hydrogen-bond acceptors (Lipinski definition) is 2. The molecule has 0 heterocycles. The summed E-state index contributed by atoms with van der Waals surface area (Å²) in [6, 6.07) is 31.2. The summed E-state index contributed by atoms with van der Waals surface area (Å²) >= 11 is 0. The third-order valence-electron chi connectivity index (χ3n) is 4.26. The van der Waals surface area contributed by atoms with E-state index >= 15 is 0 Å². The molecule has 128 valence electrons. The molecule has 3 nitrogen and oxygen atoms in total. The van der Waals surface area contributed by atoms with Crippen molar-refractivity contribution in [2.75, 3.05) is 4.31 Å². The van der Waals surface area contributed by atoms with Crippen LogP contribution in [0.15, 0.2) is 108 Å². The summed E-state index contributed by atoms with van der Waals surface area (Å²) in [5, 5.41) is 1.88. The third kappa shape index (κ3) is 2.85. The zero-order valence-electron chi connectivity index (χ0n) is 14.0. The van der Waals surface area contributed by atoms with Gasteiger partial charge in [0.05, 0.1) is 16.3 Å². The van der Waals surface area contributed by atoms with E-state index in [-0.39, 0.29) is 4.90 Å². The van der Waals surface area contributed by atoms with Crippen LogP contribution in [0.25, 0.3) is 10.8 Å². The van der Waals surface area contributed by atoms with Crippen molar-refractivity contribution in [2.45, 2.75) is 4.90 Å². The van der Waals surface area contributed by atoms with E-state index in [9.17, 15) is 8.42 Å². The van der Waals surface area contributed by atoms with E-state index in [0.29, 0.717) is 11.4 Å². The highest BCUT2D eigenvalue weighted by atomic mass is 32.2. The van der Waals surface area contributed by atoms with Gasteiger partial charge >= 0.3 is 0 Å². The van der Waals surface area contributed by atoms with Gasteiger partial charge in [-0.2, -0.15) is 0 Å². The smallest absolute Gasteiger partial charge is 0.234 e. The lowest BCUT2D eigenvalue weighted by molar-refractivity contribution is 0.596. The fourth-order valence-electron chi connectivity index (χ4n) is 3.05. The van der Waals surface area contributed by atoms with Crippen molar-refractivity contribution in [3.63, 3.8) is 0 Å². The largest absolute Gasteiger partial charge is 0.268 e. The number of rotatable bonds is 4. The Labute approximate surface area is 153 Å². The highest BCUT2D eigenvalue weighted by molar-refractivity contribution is 7.93. The van der Waals surface area contributed by atoms with Crippen LogP contribution in [-0.4, -0.2) is 8.42 Å². The topological polar surface area (TPSA) is 37.4 Å². The van der Waals surface area contributed by atoms with Crippen LogP contribution in [0.4, 0.5) is 11.4 Å². The van der Waals surface area contributed by atoms with Gasteiger partial charge in [-0.1, -0.05) is 72.8 Å². The monoisotopic (exact) mass is 359 g/mol. The lowest BCUT2D eigenvalue weighted by Crippen LogP contribution is -2.26. The number of anilines is 2. The first-order chi connectivity index (χ1) is 12.7. The molecule has 0 saturated carbocycles. The Balaban J connectivity index is 2.01. The number of nitrogens with zero attached hydrogens (tertiary/aromatic N) is 1. The summed E-state index contributed by atoms with van der Waals surface area (Å²) in [5.41, 5.74) is 1.24. The molecular weight excluding hydrogens is 342 g/mol. The summed E-state index contributed by atoms with van der Waals surface area (Å²) in [6.07, 6.45) is 0. The van der Waals surface area contributed by atoms with Crippen LogP contribution in [0, 0.1) is 0 Å². The first-order valence-corrected chi connectivity index (χ1v) is 9.75. The van der Waals surface area contributed by atoms with Crippen molar-refractivity contribution in [3.8, 4) is 0 Å². The maximum atomic E-state index is 13.5. The van der Waals surface area contributed by atoms with Crippen LogP contribution in [0.2, 0.25) is 0 Å². The quantitative estimate of drug-likeness (QED) is 0.491. The Hall–Kier alpha value is -3.11. The van der Waals surface area contributed by atoms with E-state index in [1.165, 1.54) is 4.31 Å². The lowest BCUT2D eigenvalue weighted by atomic mass is 10.1. The van der Waals surface area contributed by atoms with Crippen LogP contribution in [0.3, 0.4) is 0 Å². The molecule has 0 fully saturated rings. The van der Waals surface area contributed by atoms with E-state index in [4.69, 9.17) is 0 Å².